The van der Waals surface area contributed by atoms with Crippen molar-refractivity contribution in [3.8, 4) is 11.1 Å². The molecule has 2 aromatic carbocycles. The number of hydrogen-bond donors (Lipinski definition) is 2. The van der Waals surface area contributed by atoms with E-state index in [1.54, 1.807) is 20.8 Å². The molecule has 0 unspecified atom stereocenters. The topological polar surface area (TPSA) is 114 Å². The molecule has 0 saturated carbocycles. The van der Waals surface area contributed by atoms with Crippen molar-refractivity contribution in [2.45, 2.75) is 32.2 Å². The van der Waals surface area contributed by atoms with Gasteiger partial charge in [-0.15, -0.1) is 0 Å². The lowest BCUT2D eigenvalue weighted by molar-refractivity contribution is -0.148. The van der Waals surface area contributed by atoms with Gasteiger partial charge < -0.3 is 14.7 Å². The molecule has 9 heteroatoms. The number of fused-ring (bicyclic) bond motifs is 3. The van der Waals surface area contributed by atoms with E-state index in [2.05, 4.69) is 22.5 Å². The van der Waals surface area contributed by atoms with Gasteiger partial charge in [0.2, 0.25) is 5.91 Å². The number of carboxylic acid groups (broad SMARTS) is 1. The van der Waals surface area contributed by atoms with Crippen LogP contribution in [0.1, 0.15) is 37.8 Å². The van der Waals surface area contributed by atoms with Gasteiger partial charge in [0.05, 0.1) is 11.9 Å². The highest BCUT2D eigenvalue weighted by Gasteiger charge is 2.35. The fourth-order valence-corrected chi connectivity index (χ4v) is 4.42. The Kier molecular flexibility index (Phi) is 6.59. The molecule has 4 rings (SSSR count). The molecule has 0 radical (unpaired) electrons. The Morgan fingerprint density at radius 1 is 1.09 bits per heavy atom. The van der Waals surface area contributed by atoms with Crippen molar-refractivity contribution in [2.24, 2.45) is 0 Å². The normalized spacial score (nSPS) is 12.5. The number of carboxylic acids is 1. The molecule has 1 aliphatic rings. The van der Waals surface area contributed by atoms with Crippen LogP contribution in [-0.4, -0.2) is 57.5 Å². The fraction of sp³-hybridized carbons (Fsp3) is 0.308. The maximum Gasteiger partial charge on any atom is 0.411 e. The lowest BCUT2D eigenvalue weighted by Gasteiger charge is -2.30. The summed E-state index contributed by atoms with van der Waals surface area (Å²) in [7, 11) is 0. The number of nitrogens with zero attached hydrogens (tertiary/aromatic N) is 3. The third-order valence-corrected chi connectivity index (χ3v) is 6.26. The van der Waals surface area contributed by atoms with E-state index in [1.807, 2.05) is 36.4 Å². The minimum atomic E-state index is -1.15. The monoisotopic (exact) mass is 476 g/mol. The molecular weight excluding hydrogens is 448 g/mol. The van der Waals surface area contributed by atoms with Crippen molar-refractivity contribution >= 4 is 23.7 Å². The number of aliphatic carboxylic acids is 1. The van der Waals surface area contributed by atoms with Crippen LogP contribution in [0.25, 0.3) is 11.1 Å². The van der Waals surface area contributed by atoms with Gasteiger partial charge in [-0.05, 0) is 43.0 Å². The third-order valence-electron chi connectivity index (χ3n) is 6.26. The molecule has 0 bridgehead atoms. The van der Waals surface area contributed by atoms with E-state index in [0.29, 0.717) is 5.69 Å². The highest BCUT2D eigenvalue weighted by molar-refractivity contribution is 5.87. The summed E-state index contributed by atoms with van der Waals surface area (Å²) >= 11 is 0. The number of nitrogens with one attached hydrogen (secondary N) is 1. The van der Waals surface area contributed by atoms with Gasteiger partial charge in [-0.2, -0.15) is 5.10 Å². The highest BCUT2D eigenvalue weighted by atomic mass is 16.5. The highest BCUT2D eigenvalue weighted by Crippen LogP contribution is 2.44. The Balaban J connectivity index is 1.41. The maximum absolute atomic E-state index is 12.9. The second-order valence-corrected chi connectivity index (χ2v) is 8.90. The van der Waals surface area contributed by atoms with E-state index in [1.165, 1.54) is 22.0 Å². The number of carbonyl (C=O) groups is 3. The van der Waals surface area contributed by atoms with Crippen LogP contribution in [0, 0.1) is 0 Å². The quantitative estimate of drug-likeness (QED) is 0.510. The first-order valence-corrected chi connectivity index (χ1v) is 11.4. The molecule has 0 fully saturated rings. The minimum absolute atomic E-state index is 0.0540. The maximum atomic E-state index is 12.9. The average molecular weight is 477 g/mol. The first-order chi connectivity index (χ1) is 16.7. The Morgan fingerprint density at radius 3 is 2.26 bits per heavy atom. The molecule has 1 aromatic heterocycles. The zero-order chi connectivity index (χ0) is 25.2. The second-order valence-electron chi connectivity index (χ2n) is 8.90. The number of aromatic nitrogens is 2. The van der Waals surface area contributed by atoms with Gasteiger partial charge in [0.1, 0.15) is 18.7 Å². The fourth-order valence-electron chi connectivity index (χ4n) is 4.42. The first-order valence-electron chi connectivity index (χ1n) is 11.4. The molecular formula is C26H28N4O5. The van der Waals surface area contributed by atoms with Crippen LogP contribution in [0.5, 0.6) is 0 Å². The Hall–Kier alpha value is -4.14. The summed E-state index contributed by atoms with van der Waals surface area (Å²) in [5.41, 5.74) is 3.76. The number of ether oxygens (including phenoxy) is 1. The molecule has 2 amide bonds. The standard InChI is InChI=1S/C26H28N4O5/c1-4-29(15-23(31)32)24(33)26(2,3)30-14-17(13-27-30)28-25(34)35-16-22-20-11-7-5-9-18(20)19-10-6-8-12-21(19)22/h5-14,22H,4,15-16H2,1-3H3,(H,28,34)(H,31,32). The van der Waals surface area contributed by atoms with Crippen LogP contribution in [0.3, 0.4) is 0 Å². The van der Waals surface area contributed by atoms with Gasteiger partial charge >= 0.3 is 12.1 Å². The van der Waals surface area contributed by atoms with Crippen molar-refractivity contribution in [1.82, 2.24) is 14.7 Å². The van der Waals surface area contributed by atoms with Crippen molar-refractivity contribution in [1.29, 1.82) is 0 Å². The van der Waals surface area contributed by atoms with E-state index < -0.39 is 30.1 Å². The molecule has 3 aromatic rings. The van der Waals surface area contributed by atoms with Crippen LogP contribution >= 0.6 is 0 Å². The number of hydrogen-bond acceptors (Lipinski definition) is 5. The molecule has 0 saturated heterocycles. The summed E-state index contributed by atoms with van der Waals surface area (Å²) in [6.45, 7) is 5.03. The largest absolute Gasteiger partial charge is 0.480 e. The third kappa shape index (κ3) is 4.75. The predicted molar refractivity (Wildman–Crippen MR) is 130 cm³/mol. The van der Waals surface area contributed by atoms with Crippen LogP contribution in [0.15, 0.2) is 60.9 Å². The molecule has 182 valence electrons. The molecule has 0 spiro atoms. The minimum Gasteiger partial charge on any atom is -0.480 e. The Labute approximate surface area is 203 Å². The zero-order valence-corrected chi connectivity index (χ0v) is 19.9. The van der Waals surface area contributed by atoms with E-state index in [0.717, 1.165) is 22.3 Å². The average Bonchev–Trinajstić information content (AvgIpc) is 3.44. The van der Waals surface area contributed by atoms with Gasteiger partial charge in [-0.3, -0.25) is 19.6 Å². The number of carbonyl (C=O) groups excluding carboxylic acids is 2. The smallest absolute Gasteiger partial charge is 0.411 e. The van der Waals surface area contributed by atoms with Gasteiger partial charge in [-0.25, -0.2) is 4.79 Å². The van der Waals surface area contributed by atoms with Crippen LogP contribution in [-0.2, 0) is 19.9 Å². The van der Waals surface area contributed by atoms with Crippen molar-refractivity contribution in [2.75, 3.05) is 25.0 Å². The Morgan fingerprint density at radius 2 is 1.69 bits per heavy atom. The van der Waals surface area contributed by atoms with Gasteiger partial charge in [-0.1, -0.05) is 48.5 Å². The van der Waals surface area contributed by atoms with Crippen LogP contribution < -0.4 is 5.32 Å². The summed E-state index contributed by atoms with van der Waals surface area (Å²) in [6.07, 6.45) is 2.31. The predicted octanol–water partition coefficient (Wildman–Crippen LogP) is 3.91. The van der Waals surface area contributed by atoms with Gasteiger partial charge in [0.25, 0.3) is 0 Å². The number of rotatable bonds is 8. The zero-order valence-electron chi connectivity index (χ0n) is 19.9. The number of likely N-dealkylation sites (N-methyl/N-ethyl adjacent to an activating group) is 1. The summed E-state index contributed by atoms with van der Waals surface area (Å²) < 4.78 is 6.96. The van der Waals surface area contributed by atoms with E-state index in [4.69, 9.17) is 9.84 Å². The molecule has 9 nitrogen and oxygen atoms in total. The van der Waals surface area contributed by atoms with Crippen molar-refractivity contribution in [3.63, 3.8) is 0 Å². The SMILES string of the molecule is CCN(CC(=O)O)C(=O)C(C)(C)n1cc(NC(=O)OCC2c3ccccc3-c3ccccc32)cn1. The van der Waals surface area contributed by atoms with Crippen LogP contribution in [0.2, 0.25) is 0 Å². The first kappa shape index (κ1) is 24.0. The molecule has 1 heterocycles. The van der Waals surface area contributed by atoms with E-state index in [-0.39, 0.29) is 19.1 Å². The lowest BCUT2D eigenvalue weighted by Crippen LogP contribution is -2.48. The van der Waals surface area contributed by atoms with E-state index >= 15 is 0 Å². The Bertz CT molecular complexity index is 1220. The van der Waals surface area contributed by atoms with Crippen molar-refractivity contribution in [3.05, 3.63) is 72.1 Å². The summed E-state index contributed by atoms with van der Waals surface area (Å²) in [6, 6.07) is 16.2. The number of anilines is 1. The number of benzene rings is 2. The molecule has 1 aliphatic carbocycles. The molecule has 0 atom stereocenters. The molecule has 2 N–H and O–H groups in total. The molecule has 35 heavy (non-hydrogen) atoms. The summed E-state index contributed by atoms with van der Waals surface area (Å²) in [5.74, 6) is -1.53. The van der Waals surface area contributed by atoms with Gasteiger partial charge in [0.15, 0.2) is 0 Å². The lowest BCUT2D eigenvalue weighted by atomic mass is 9.98. The van der Waals surface area contributed by atoms with E-state index in [9.17, 15) is 14.4 Å². The summed E-state index contributed by atoms with van der Waals surface area (Å²) in [4.78, 5) is 37.8. The van der Waals surface area contributed by atoms with Crippen molar-refractivity contribution < 1.29 is 24.2 Å². The van der Waals surface area contributed by atoms with Crippen LogP contribution in [0.4, 0.5) is 10.5 Å². The van der Waals surface area contributed by atoms with Gasteiger partial charge in [0, 0.05) is 18.7 Å². The summed E-state index contributed by atoms with van der Waals surface area (Å²) in [5, 5.41) is 15.9. The molecule has 0 aliphatic heterocycles. The second kappa shape index (κ2) is 9.61. The number of amides is 2.